The van der Waals surface area contributed by atoms with Gasteiger partial charge in [-0.05, 0) is 47.5 Å². The summed E-state index contributed by atoms with van der Waals surface area (Å²) in [5.74, 6) is -0.539. The van der Waals surface area contributed by atoms with Gasteiger partial charge in [-0.15, -0.1) is 0 Å². The van der Waals surface area contributed by atoms with Gasteiger partial charge in [0.2, 0.25) is 0 Å². The second-order valence-electron chi connectivity index (χ2n) is 5.77. The van der Waals surface area contributed by atoms with Crippen molar-refractivity contribution in [3.05, 3.63) is 92.4 Å². The first-order chi connectivity index (χ1) is 13.9. The van der Waals surface area contributed by atoms with Crippen LogP contribution >= 0.6 is 34.8 Å². The summed E-state index contributed by atoms with van der Waals surface area (Å²) in [7, 11) is 0. The molecule has 0 saturated heterocycles. The van der Waals surface area contributed by atoms with Gasteiger partial charge in [0.05, 0.1) is 21.8 Å². The lowest BCUT2D eigenvalue weighted by atomic mass is 10.2. The molecule has 29 heavy (non-hydrogen) atoms. The number of pyridine rings is 1. The van der Waals surface area contributed by atoms with E-state index in [0.29, 0.717) is 11.3 Å². The summed E-state index contributed by atoms with van der Waals surface area (Å²) < 4.78 is 18.6. The van der Waals surface area contributed by atoms with E-state index in [9.17, 15) is 9.18 Å². The standard InChI is InChI=1S/C20H13Cl3FN3O2/c21-16-8-13(10-26-27-20(28)15-2-1-7-25-19(15)23)9-17(22)18(16)29-11-12-3-5-14(24)6-4-12/h1-10H,11H2,(H,27,28). The maximum Gasteiger partial charge on any atom is 0.274 e. The second-order valence-corrected chi connectivity index (χ2v) is 6.94. The molecule has 0 bridgehead atoms. The van der Waals surface area contributed by atoms with Gasteiger partial charge in [-0.25, -0.2) is 14.8 Å². The maximum absolute atomic E-state index is 13.0. The Labute approximate surface area is 181 Å². The average Bonchev–Trinajstić information content (AvgIpc) is 2.69. The number of carbonyl (C=O) groups excluding carboxylic acids is 1. The predicted octanol–water partition coefficient (Wildman–Crippen LogP) is 5.52. The predicted molar refractivity (Wildman–Crippen MR) is 112 cm³/mol. The van der Waals surface area contributed by atoms with Crippen LogP contribution in [0.3, 0.4) is 0 Å². The average molecular weight is 453 g/mol. The van der Waals surface area contributed by atoms with Crippen molar-refractivity contribution in [3.63, 3.8) is 0 Å². The summed E-state index contributed by atoms with van der Waals surface area (Å²) in [5, 5.41) is 4.48. The Kier molecular flexibility index (Phi) is 7.04. The molecule has 1 aromatic heterocycles. The van der Waals surface area contributed by atoms with Crippen molar-refractivity contribution in [1.82, 2.24) is 10.4 Å². The summed E-state index contributed by atoms with van der Waals surface area (Å²) >= 11 is 18.3. The van der Waals surface area contributed by atoms with E-state index in [1.807, 2.05) is 0 Å². The first kappa shape index (κ1) is 21.0. The maximum atomic E-state index is 13.0. The van der Waals surface area contributed by atoms with Gasteiger partial charge >= 0.3 is 0 Å². The molecule has 0 atom stereocenters. The van der Waals surface area contributed by atoms with Gasteiger partial charge in [-0.1, -0.05) is 46.9 Å². The summed E-state index contributed by atoms with van der Waals surface area (Å²) in [6.07, 6.45) is 2.86. The third kappa shape index (κ3) is 5.67. The number of aromatic nitrogens is 1. The monoisotopic (exact) mass is 451 g/mol. The highest BCUT2D eigenvalue weighted by atomic mass is 35.5. The number of hydrogen-bond acceptors (Lipinski definition) is 4. The zero-order valence-corrected chi connectivity index (χ0v) is 17.0. The van der Waals surface area contributed by atoms with Crippen LogP contribution in [0.2, 0.25) is 15.2 Å². The largest absolute Gasteiger partial charge is 0.486 e. The Morgan fingerprint density at radius 1 is 1.14 bits per heavy atom. The number of benzene rings is 2. The fourth-order valence-electron chi connectivity index (χ4n) is 2.31. The number of ether oxygens (including phenoxy) is 1. The van der Waals surface area contributed by atoms with E-state index in [1.54, 1.807) is 30.3 Å². The number of amides is 1. The zero-order chi connectivity index (χ0) is 20.8. The van der Waals surface area contributed by atoms with Crippen LogP contribution in [-0.4, -0.2) is 17.1 Å². The van der Waals surface area contributed by atoms with Crippen LogP contribution in [0.5, 0.6) is 5.75 Å². The van der Waals surface area contributed by atoms with Gasteiger partial charge in [0.1, 0.15) is 17.6 Å². The number of nitrogens with zero attached hydrogens (tertiary/aromatic N) is 2. The van der Waals surface area contributed by atoms with Gasteiger partial charge in [0, 0.05) is 6.20 Å². The molecule has 3 aromatic rings. The van der Waals surface area contributed by atoms with Crippen molar-refractivity contribution in [2.75, 3.05) is 0 Å². The van der Waals surface area contributed by atoms with Gasteiger partial charge in [0.25, 0.3) is 5.91 Å². The highest BCUT2D eigenvalue weighted by molar-refractivity contribution is 6.37. The molecule has 2 aromatic carbocycles. The molecule has 148 valence electrons. The molecule has 0 spiro atoms. The molecule has 1 amide bonds. The Balaban J connectivity index is 1.65. The number of halogens is 4. The summed E-state index contributed by atoms with van der Waals surface area (Å²) in [6.45, 7) is 0.176. The van der Waals surface area contributed by atoms with Crippen LogP contribution in [0.25, 0.3) is 0 Å². The van der Waals surface area contributed by atoms with Crippen LogP contribution in [0.1, 0.15) is 21.5 Å². The minimum atomic E-state index is -0.504. The Hall–Kier alpha value is -2.67. The molecule has 0 aliphatic carbocycles. The first-order valence-corrected chi connectivity index (χ1v) is 9.37. The van der Waals surface area contributed by atoms with Gasteiger partial charge in [0.15, 0.2) is 5.75 Å². The SMILES string of the molecule is O=C(NN=Cc1cc(Cl)c(OCc2ccc(F)cc2)c(Cl)c1)c1cccnc1Cl. The van der Waals surface area contributed by atoms with E-state index < -0.39 is 5.91 Å². The van der Waals surface area contributed by atoms with Crippen molar-refractivity contribution >= 4 is 46.9 Å². The van der Waals surface area contributed by atoms with E-state index in [1.165, 1.54) is 30.6 Å². The van der Waals surface area contributed by atoms with Crippen LogP contribution in [0.4, 0.5) is 4.39 Å². The molecule has 1 N–H and O–H groups in total. The third-order valence-corrected chi connectivity index (χ3v) is 4.56. The highest BCUT2D eigenvalue weighted by Crippen LogP contribution is 2.34. The minimum absolute atomic E-state index is 0.0777. The van der Waals surface area contributed by atoms with E-state index in [0.717, 1.165) is 5.56 Å². The van der Waals surface area contributed by atoms with E-state index >= 15 is 0 Å². The minimum Gasteiger partial charge on any atom is -0.486 e. The van der Waals surface area contributed by atoms with Crippen molar-refractivity contribution in [3.8, 4) is 5.75 Å². The molecule has 0 aliphatic rings. The molecule has 0 radical (unpaired) electrons. The number of nitrogens with one attached hydrogen (secondary N) is 1. The van der Waals surface area contributed by atoms with Crippen LogP contribution in [-0.2, 0) is 6.61 Å². The van der Waals surface area contributed by atoms with Gasteiger partial charge in [-0.3, -0.25) is 4.79 Å². The molecule has 0 saturated carbocycles. The van der Waals surface area contributed by atoms with Crippen LogP contribution < -0.4 is 10.2 Å². The Morgan fingerprint density at radius 3 is 2.48 bits per heavy atom. The molecule has 5 nitrogen and oxygen atoms in total. The van der Waals surface area contributed by atoms with E-state index in [2.05, 4.69) is 15.5 Å². The number of hydrazone groups is 1. The first-order valence-electron chi connectivity index (χ1n) is 8.24. The Morgan fingerprint density at radius 2 is 1.83 bits per heavy atom. The smallest absolute Gasteiger partial charge is 0.274 e. The number of carbonyl (C=O) groups is 1. The number of rotatable bonds is 6. The van der Waals surface area contributed by atoms with Crippen LogP contribution in [0, 0.1) is 5.82 Å². The number of hydrogen-bond donors (Lipinski definition) is 1. The molecule has 1 heterocycles. The van der Waals surface area contributed by atoms with Crippen molar-refractivity contribution in [1.29, 1.82) is 0 Å². The highest BCUT2D eigenvalue weighted by Gasteiger charge is 2.11. The normalized spacial score (nSPS) is 10.9. The lowest BCUT2D eigenvalue weighted by Gasteiger charge is -2.11. The molecule has 0 fully saturated rings. The lowest BCUT2D eigenvalue weighted by molar-refractivity contribution is 0.0955. The second kappa shape index (κ2) is 9.69. The summed E-state index contributed by atoms with van der Waals surface area (Å²) in [4.78, 5) is 15.9. The Bertz CT molecular complexity index is 1040. The molecular weight excluding hydrogens is 440 g/mol. The van der Waals surface area contributed by atoms with E-state index in [-0.39, 0.29) is 33.2 Å². The summed E-state index contributed by atoms with van der Waals surface area (Å²) in [6, 6.07) is 12.2. The van der Waals surface area contributed by atoms with Crippen molar-refractivity contribution in [2.45, 2.75) is 6.61 Å². The van der Waals surface area contributed by atoms with Crippen LogP contribution in [0.15, 0.2) is 59.8 Å². The lowest BCUT2D eigenvalue weighted by Crippen LogP contribution is -2.18. The zero-order valence-electron chi connectivity index (χ0n) is 14.7. The quantitative estimate of drug-likeness (QED) is 0.304. The third-order valence-electron chi connectivity index (χ3n) is 3.70. The summed E-state index contributed by atoms with van der Waals surface area (Å²) in [5.41, 5.74) is 3.86. The fraction of sp³-hybridized carbons (Fsp3) is 0.0500. The van der Waals surface area contributed by atoms with E-state index in [4.69, 9.17) is 39.5 Å². The van der Waals surface area contributed by atoms with Crippen molar-refractivity contribution in [2.24, 2.45) is 5.10 Å². The molecular formula is C20H13Cl3FN3O2. The van der Waals surface area contributed by atoms with Gasteiger partial charge < -0.3 is 4.74 Å². The molecule has 9 heteroatoms. The molecule has 0 aliphatic heterocycles. The van der Waals surface area contributed by atoms with Gasteiger partial charge in [-0.2, -0.15) is 5.10 Å². The molecule has 0 unspecified atom stereocenters. The fourth-order valence-corrected chi connectivity index (χ4v) is 3.13. The topological polar surface area (TPSA) is 63.6 Å². The molecule has 3 rings (SSSR count). The van der Waals surface area contributed by atoms with Crippen molar-refractivity contribution < 1.29 is 13.9 Å².